The maximum absolute atomic E-state index is 5.89. The summed E-state index contributed by atoms with van der Waals surface area (Å²) in [7, 11) is 0. The van der Waals surface area contributed by atoms with Crippen LogP contribution in [0.15, 0.2) is 6.07 Å². The second-order valence-corrected chi connectivity index (χ2v) is 5.32. The van der Waals surface area contributed by atoms with Crippen molar-refractivity contribution in [3.8, 4) is 5.88 Å². The molecule has 1 heterocycles. The van der Waals surface area contributed by atoms with Crippen LogP contribution in [0.25, 0.3) is 0 Å². The lowest BCUT2D eigenvalue weighted by atomic mass is 10.1. The molecule has 0 bridgehead atoms. The topological polar surface area (TPSA) is 48.1 Å². The summed E-state index contributed by atoms with van der Waals surface area (Å²) in [6.45, 7) is 4.20. The van der Waals surface area contributed by atoms with Crippen molar-refractivity contribution in [3.05, 3.63) is 22.9 Å². The van der Waals surface area contributed by atoms with E-state index in [0.717, 1.165) is 43.4 Å². The molecular weight excluding hydrogens is 244 g/mol. The van der Waals surface area contributed by atoms with Crippen molar-refractivity contribution in [2.75, 3.05) is 0 Å². The largest absolute Gasteiger partial charge is 0.474 e. The number of rotatable bonds is 5. The van der Waals surface area contributed by atoms with Gasteiger partial charge in [0.15, 0.2) is 0 Å². The lowest BCUT2D eigenvalue weighted by Crippen LogP contribution is -2.18. The Morgan fingerprint density at radius 1 is 1.56 bits per heavy atom. The third-order valence-corrected chi connectivity index (χ3v) is 3.51. The number of ether oxygens (including phenoxy) is 1. The maximum atomic E-state index is 5.89. The molecule has 98 valence electrons. The average molecular weight is 264 g/mol. The average Bonchev–Trinajstić information content (AvgIpc) is 2.74. The van der Waals surface area contributed by atoms with E-state index >= 15 is 0 Å². The Morgan fingerprint density at radius 2 is 2.33 bits per heavy atom. The number of aromatic nitrogens is 1. The highest BCUT2D eigenvalue weighted by atomic mass is 32.1. The van der Waals surface area contributed by atoms with E-state index < -0.39 is 0 Å². The van der Waals surface area contributed by atoms with Gasteiger partial charge in [0, 0.05) is 5.69 Å². The second-order valence-electron chi connectivity index (χ2n) is 4.88. The summed E-state index contributed by atoms with van der Waals surface area (Å²) in [5, 5.41) is 0. The van der Waals surface area contributed by atoms with Gasteiger partial charge in [-0.1, -0.05) is 25.6 Å². The van der Waals surface area contributed by atoms with E-state index in [2.05, 4.69) is 24.9 Å². The predicted molar refractivity (Wildman–Crippen MR) is 77.1 cm³/mol. The van der Waals surface area contributed by atoms with Crippen LogP contribution < -0.4 is 10.5 Å². The van der Waals surface area contributed by atoms with Gasteiger partial charge in [0.05, 0.1) is 11.7 Å². The van der Waals surface area contributed by atoms with Crippen LogP contribution in [-0.4, -0.2) is 16.1 Å². The van der Waals surface area contributed by atoms with E-state index in [9.17, 15) is 0 Å². The minimum atomic E-state index is 0.148. The molecule has 1 aromatic heterocycles. The molecule has 0 radical (unpaired) electrons. The van der Waals surface area contributed by atoms with Gasteiger partial charge in [-0.2, -0.15) is 0 Å². The highest BCUT2D eigenvalue weighted by Crippen LogP contribution is 2.27. The summed E-state index contributed by atoms with van der Waals surface area (Å²) in [6, 6.07) is 2.06. The first kappa shape index (κ1) is 13.3. The first-order valence-electron chi connectivity index (χ1n) is 6.61. The monoisotopic (exact) mass is 264 g/mol. The molecule has 0 aliphatic heterocycles. The van der Waals surface area contributed by atoms with Crippen LogP contribution in [0, 0.1) is 0 Å². The minimum Gasteiger partial charge on any atom is -0.474 e. The fourth-order valence-electron chi connectivity index (χ4n) is 2.38. The van der Waals surface area contributed by atoms with Crippen LogP contribution >= 0.6 is 12.2 Å². The Balaban J connectivity index is 2.29. The summed E-state index contributed by atoms with van der Waals surface area (Å²) in [4.78, 5) is 4.98. The molecule has 0 fully saturated rings. The smallest absolute Gasteiger partial charge is 0.224 e. The third kappa shape index (κ3) is 2.80. The van der Waals surface area contributed by atoms with Crippen LogP contribution in [0.4, 0.5) is 0 Å². The van der Waals surface area contributed by atoms with Gasteiger partial charge in [0.25, 0.3) is 0 Å². The van der Waals surface area contributed by atoms with E-state index in [1.807, 2.05) is 0 Å². The van der Waals surface area contributed by atoms with Gasteiger partial charge in [-0.05, 0) is 44.2 Å². The van der Waals surface area contributed by atoms with Crippen molar-refractivity contribution in [1.29, 1.82) is 0 Å². The predicted octanol–water partition coefficient (Wildman–Crippen LogP) is 2.77. The zero-order valence-electron chi connectivity index (χ0n) is 11.0. The minimum absolute atomic E-state index is 0.148. The Morgan fingerprint density at radius 3 is 3.00 bits per heavy atom. The molecule has 4 heteroatoms. The SMILES string of the molecule is CCCC(C)Oc1nc2c(cc1C(N)=S)CCC2. The van der Waals surface area contributed by atoms with E-state index in [-0.39, 0.29) is 6.10 Å². The number of aryl methyl sites for hydroxylation is 2. The van der Waals surface area contributed by atoms with Gasteiger partial charge in [-0.15, -0.1) is 0 Å². The van der Waals surface area contributed by atoms with Gasteiger partial charge in [-0.3, -0.25) is 0 Å². The van der Waals surface area contributed by atoms with Crippen molar-refractivity contribution in [3.63, 3.8) is 0 Å². The molecule has 0 aromatic carbocycles. The molecule has 0 saturated heterocycles. The first-order valence-corrected chi connectivity index (χ1v) is 7.02. The van der Waals surface area contributed by atoms with Crippen LogP contribution in [0.3, 0.4) is 0 Å². The number of thiocarbonyl (C=S) groups is 1. The molecule has 1 atom stereocenters. The number of fused-ring (bicyclic) bond motifs is 1. The molecule has 2 N–H and O–H groups in total. The Hall–Kier alpha value is -1.16. The molecule has 2 rings (SSSR count). The fourth-order valence-corrected chi connectivity index (χ4v) is 2.52. The van der Waals surface area contributed by atoms with Crippen molar-refractivity contribution in [1.82, 2.24) is 4.98 Å². The fraction of sp³-hybridized carbons (Fsp3) is 0.571. The third-order valence-electron chi connectivity index (χ3n) is 3.29. The van der Waals surface area contributed by atoms with Gasteiger partial charge in [0.1, 0.15) is 4.99 Å². The lowest BCUT2D eigenvalue weighted by Gasteiger charge is -2.16. The second kappa shape index (κ2) is 5.65. The van der Waals surface area contributed by atoms with Crippen molar-refractivity contribution >= 4 is 17.2 Å². The first-order chi connectivity index (χ1) is 8.61. The molecule has 0 amide bonds. The normalized spacial score (nSPS) is 15.2. The van der Waals surface area contributed by atoms with Crippen LogP contribution in [0.5, 0.6) is 5.88 Å². The van der Waals surface area contributed by atoms with Crippen molar-refractivity contribution in [2.45, 2.75) is 52.1 Å². The van der Waals surface area contributed by atoms with E-state index in [0.29, 0.717) is 10.9 Å². The van der Waals surface area contributed by atoms with Gasteiger partial charge >= 0.3 is 0 Å². The van der Waals surface area contributed by atoms with E-state index in [4.69, 9.17) is 22.7 Å². The summed E-state index contributed by atoms with van der Waals surface area (Å²) in [5.74, 6) is 0.615. The summed E-state index contributed by atoms with van der Waals surface area (Å²) in [5.41, 5.74) is 8.97. The molecule has 0 spiro atoms. The van der Waals surface area contributed by atoms with Gasteiger partial charge in [0.2, 0.25) is 5.88 Å². The molecule has 18 heavy (non-hydrogen) atoms. The highest BCUT2D eigenvalue weighted by Gasteiger charge is 2.19. The molecule has 0 saturated carbocycles. The zero-order valence-corrected chi connectivity index (χ0v) is 11.8. The number of pyridine rings is 1. The molecule has 1 aliphatic rings. The van der Waals surface area contributed by atoms with Crippen LogP contribution in [-0.2, 0) is 12.8 Å². The van der Waals surface area contributed by atoms with Crippen molar-refractivity contribution in [2.24, 2.45) is 5.73 Å². The molecule has 3 nitrogen and oxygen atoms in total. The standard InChI is InChI=1S/C14H20N2OS/c1-3-5-9(2)17-14-11(13(15)18)8-10-6-4-7-12(10)16-14/h8-9H,3-7H2,1-2H3,(H2,15,18). The zero-order chi connectivity index (χ0) is 13.1. The van der Waals surface area contributed by atoms with Crippen LogP contribution in [0.2, 0.25) is 0 Å². The van der Waals surface area contributed by atoms with Crippen molar-refractivity contribution < 1.29 is 4.74 Å². The number of nitrogens with two attached hydrogens (primary N) is 1. The summed E-state index contributed by atoms with van der Waals surface area (Å²) >= 11 is 5.10. The van der Waals surface area contributed by atoms with Crippen LogP contribution in [0.1, 0.15) is 49.9 Å². The van der Waals surface area contributed by atoms with E-state index in [1.54, 1.807) is 0 Å². The number of hydrogen-bond donors (Lipinski definition) is 1. The summed E-state index contributed by atoms with van der Waals surface area (Å²) < 4.78 is 5.89. The lowest BCUT2D eigenvalue weighted by molar-refractivity contribution is 0.200. The molecule has 1 aromatic rings. The Bertz CT molecular complexity index is 459. The maximum Gasteiger partial charge on any atom is 0.224 e. The molecule has 1 unspecified atom stereocenters. The number of nitrogens with zero attached hydrogens (tertiary/aromatic N) is 1. The number of hydrogen-bond acceptors (Lipinski definition) is 3. The quantitative estimate of drug-likeness (QED) is 0.831. The molecular formula is C14H20N2OS. The molecule has 1 aliphatic carbocycles. The Labute approximate surface area is 114 Å². The van der Waals surface area contributed by atoms with Gasteiger partial charge in [-0.25, -0.2) is 4.98 Å². The summed E-state index contributed by atoms with van der Waals surface area (Å²) in [6.07, 6.45) is 5.51. The highest BCUT2D eigenvalue weighted by molar-refractivity contribution is 7.80. The van der Waals surface area contributed by atoms with E-state index in [1.165, 1.54) is 5.56 Å². The Kier molecular flexibility index (Phi) is 4.17. The van der Waals surface area contributed by atoms with Gasteiger partial charge < -0.3 is 10.5 Å².